The summed E-state index contributed by atoms with van der Waals surface area (Å²) in [4.78, 5) is 12.8. The quantitative estimate of drug-likeness (QED) is 0.767. The second-order valence-corrected chi connectivity index (χ2v) is 8.51. The number of fused-ring (bicyclic) bond motifs is 1. The average Bonchev–Trinajstić information content (AvgIpc) is 3.02. The minimum absolute atomic E-state index is 0.0622. The van der Waals surface area contributed by atoms with Crippen LogP contribution in [0.15, 0.2) is 30.3 Å². The Morgan fingerprint density at radius 1 is 1.32 bits per heavy atom. The van der Waals surface area contributed by atoms with Crippen molar-refractivity contribution >= 4 is 5.91 Å². The largest absolute Gasteiger partial charge is 0.380 e. The number of aryl methyl sites for hydroxylation is 1. The first kappa shape index (κ1) is 19.2. The lowest BCUT2D eigenvalue weighted by atomic mass is 9.86. The Hall–Kier alpha value is -2.18. The van der Waals surface area contributed by atoms with Crippen molar-refractivity contribution in [2.24, 2.45) is 12.5 Å². The molecule has 1 aliphatic carbocycles. The molecule has 6 heteroatoms. The summed E-state index contributed by atoms with van der Waals surface area (Å²) in [6, 6.07) is 10.6. The molecule has 1 amide bonds. The number of amides is 1. The van der Waals surface area contributed by atoms with Crippen LogP contribution in [0, 0.1) is 5.41 Å². The maximum atomic E-state index is 12.8. The summed E-state index contributed by atoms with van der Waals surface area (Å²) < 4.78 is 7.24. The van der Waals surface area contributed by atoms with Gasteiger partial charge in [0, 0.05) is 42.9 Å². The molecule has 2 aliphatic rings. The number of rotatable bonds is 7. The molecule has 4 rings (SSSR count). The van der Waals surface area contributed by atoms with Crippen molar-refractivity contribution in [1.29, 1.82) is 0 Å². The molecule has 1 aromatic carbocycles. The lowest BCUT2D eigenvalue weighted by Gasteiger charge is -2.39. The Labute approximate surface area is 166 Å². The normalized spacial score (nSPS) is 20.3. The highest BCUT2D eigenvalue weighted by Crippen LogP contribution is 2.28. The first-order valence-corrected chi connectivity index (χ1v) is 10.2. The summed E-state index contributed by atoms with van der Waals surface area (Å²) in [5, 5.41) is 11.3. The van der Waals surface area contributed by atoms with E-state index in [1.54, 1.807) is 0 Å². The Morgan fingerprint density at radius 2 is 2.11 bits per heavy atom. The van der Waals surface area contributed by atoms with Gasteiger partial charge in [-0.2, -0.15) is 5.10 Å². The van der Waals surface area contributed by atoms with E-state index in [-0.39, 0.29) is 11.3 Å². The van der Waals surface area contributed by atoms with Crippen LogP contribution in [0.4, 0.5) is 0 Å². The van der Waals surface area contributed by atoms with Gasteiger partial charge in [-0.3, -0.25) is 9.48 Å². The van der Waals surface area contributed by atoms with E-state index in [2.05, 4.69) is 34.8 Å². The Morgan fingerprint density at radius 3 is 2.82 bits per heavy atom. The molecule has 0 bridgehead atoms. The van der Waals surface area contributed by atoms with Crippen molar-refractivity contribution in [3.05, 3.63) is 52.8 Å². The summed E-state index contributed by atoms with van der Waals surface area (Å²) >= 11 is 0. The van der Waals surface area contributed by atoms with Crippen molar-refractivity contribution < 1.29 is 9.53 Å². The zero-order valence-electron chi connectivity index (χ0n) is 16.8. The van der Waals surface area contributed by atoms with Crippen molar-refractivity contribution in [3.8, 4) is 0 Å². The fourth-order valence-corrected chi connectivity index (χ4v) is 4.14. The van der Waals surface area contributed by atoms with E-state index < -0.39 is 0 Å². The summed E-state index contributed by atoms with van der Waals surface area (Å²) in [7, 11) is 1.94. The highest BCUT2D eigenvalue weighted by molar-refractivity contribution is 5.94. The molecular formula is C22H30N4O2. The maximum Gasteiger partial charge on any atom is 0.272 e. The van der Waals surface area contributed by atoms with Crippen LogP contribution in [-0.4, -0.2) is 48.0 Å². The number of ether oxygens (including phenoxy) is 1. The molecule has 1 unspecified atom stereocenters. The molecule has 1 fully saturated rings. The monoisotopic (exact) mass is 382 g/mol. The van der Waals surface area contributed by atoms with Gasteiger partial charge < -0.3 is 15.4 Å². The molecule has 28 heavy (non-hydrogen) atoms. The minimum Gasteiger partial charge on any atom is -0.380 e. The molecule has 0 saturated carbocycles. The van der Waals surface area contributed by atoms with Gasteiger partial charge in [0.05, 0.1) is 13.2 Å². The van der Waals surface area contributed by atoms with Gasteiger partial charge in [0.15, 0.2) is 5.69 Å². The van der Waals surface area contributed by atoms with Gasteiger partial charge in [0.25, 0.3) is 5.91 Å². The molecule has 150 valence electrons. The third kappa shape index (κ3) is 4.13. The van der Waals surface area contributed by atoms with Crippen molar-refractivity contribution in [3.63, 3.8) is 0 Å². The molecule has 1 atom stereocenters. The molecule has 6 nitrogen and oxygen atoms in total. The predicted molar refractivity (Wildman–Crippen MR) is 108 cm³/mol. The highest BCUT2D eigenvalue weighted by Gasteiger charge is 2.35. The third-order valence-electron chi connectivity index (χ3n) is 5.93. The average molecular weight is 383 g/mol. The Bertz CT molecular complexity index is 827. The number of nitrogens with zero attached hydrogens (tertiary/aromatic N) is 2. The topological polar surface area (TPSA) is 68.2 Å². The lowest BCUT2D eigenvalue weighted by molar-refractivity contribution is -0.100. The fourth-order valence-electron chi connectivity index (χ4n) is 4.14. The zero-order chi connectivity index (χ0) is 19.6. The summed E-state index contributed by atoms with van der Waals surface area (Å²) in [5.41, 5.74) is 4.38. The highest BCUT2D eigenvalue weighted by atomic mass is 16.5. The number of hydrogen-bond acceptors (Lipinski definition) is 4. The van der Waals surface area contributed by atoms with Crippen LogP contribution in [-0.2, 0) is 31.0 Å². The first-order valence-electron chi connectivity index (χ1n) is 10.2. The molecular weight excluding hydrogens is 352 g/mol. The van der Waals surface area contributed by atoms with Gasteiger partial charge in [-0.25, -0.2) is 0 Å². The molecule has 2 N–H and O–H groups in total. The third-order valence-corrected chi connectivity index (χ3v) is 5.93. The van der Waals surface area contributed by atoms with E-state index in [0.29, 0.717) is 18.3 Å². The van der Waals surface area contributed by atoms with Gasteiger partial charge in [-0.15, -0.1) is 0 Å². The number of carbonyl (C=O) groups excluding carboxylic acids is 1. The van der Waals surface area contributed by atoms with Crippen LogP contribution >= 0.6 is 0 Å². The SMILES string of the molecule is Cn1nc(C(=O)NCCc2ccccc2)c2c1CCC(NCC1(C)COC1)C2. The molecule has 2 aromatic rings. The van der Waals surface area contributed by atoms with Crippen LogP contribution < -0.4 is 10.6 Å². The molecule has 0 spiro atoms. The van der Waals surface area contributed by atoms with Gasteiger partial charge in [0.2, 0.25) is 0 Å². The molecule has 2 heterocycles. The van der Waals surface area contributed by atoms with Gasteiger partial charge >= 0.3 is 0 Å². The lowest BCUT2D eigenvalue weighted by Crippen LogP contribution is -2.50. The summed E-state index contributed by atoms with van der Waals surface area (Å²) in [5.74, 6) is -0.0622. The number of hydrogen-bond donors (Lipinski definition) is 2. The van der Waals surface area contributed by atoms with Crippen LogP contribution in [0.1, 0.15) is 40.7 Å². The number of benzene rings is 1. The summed E-state index contributed by atoms with van der Waals surface area (Å²) in [6.07, 6.45) is 3.73. The van der Waals surface area contributed by atoms with E-state index in [4.69, 9.17) is 4.74 Å². The Kier molecular flexibility index (Phi) is 5.51. The second kappa shape index (κ2) is 8.05. The first-order chi connectivity index (χ1) is 13.5. The smallest absolute Gasteiger partial charge is 0.272 e. The van der Waals surface area contributed by atoms with E-state index in [9.17, 15) is 4.79 Å². The van der Waals surface area contributed by atoms with E-state index in [1.165, 1.54) is 11.3 Å². The molecule has 0 radical (unpaired) electrons. The predicted octanol–water partition coefficient (Wildman–Crippen LogP) is 1.88. The number of carbonyl (C=O) groups is 1. The second-order valence-electron chi connectivity index (χ2n) is 8.51. The summed E-state index contributed by atoms with van der Waals surface area (Å²) in [6.45, 7) is 5.51. The molecule has 1 aromatic heterocycles. The van der Waals surface area contributed by atoms with Gasteiger partial charge in [-0.05, 0) is 31.2 Å². The van der Waals surface area contributed by atoms with Crippen LogP contribution in [0.2, 0.25) is 0 Å². The van der Waals surface area contributed by atoms with Crippen LogP contribution in [0.3, 0.4) is 0 Å². The van der Waals surface area contributed by atoms with Crippen molar-refractivity contribution in [2.45, 2.75) is 38.6 Å². The number of aromatic nitrogens is 2. The van der Waals surface area contributed by atoms with E-state index >= 15 is 0 Å². The van der Waals surface area contributed by atoms with Gasteiger partial charge in [-0.1, -0.05) is 37.3 Å². The van der Waals surface area contributed by atoms with Gasteiger partial charge in [0.1, 0.15) is 0 Å². The van der Waals surface area contributed by atoms with E-state index in [1.807, 2.05) is 29.9 Å². The fraction of sp³-hybridized carbons (Fsp3) is 0.545. The van der Waals surface area contributed by atoms with Crippen molar-refractivity contribution in [2.75, 3.05) is 26.3 Å². The van der Waals surface area contributed by atoms with Crippen LogP contribution in [0.25, 0.3) is 0 Å². The minimum atomic E-state index is -0.0622. The van der Waals surface area contributed by atoms with Crippen LogP contribution in [0.5, 0.6) is 0 Å². The van der Waals surface area contributed by atoms with Crippen molar-refractivity contribution in [1.82, 2.24) is 20.4 Å². The van der Waals surface area contributed by atoms with E-state index in [0.717, 1.165) is 51.0 Å². The Balaban J connectivity index is 1.36. The standard InChI is InChI=1S/C22H30N4O2/c1-22(14-28-15-22)13-24-17-8-9-19-18(12-17)20(25-26(19)2)21(27)23-11-10-16-6-4-3-5-7-16/h3-7,17,24H,8-15H2,1-2H3,(H,23,27). The zero-order valence-corrected chi connectivity index (χ0v) is 16.8. The maximum absolute atomic E-state index is 12.8. The number of nitrogens with one attached hydrogen (secondary N) is 2. The molecule has 1 aliphatic heterocycles. The molecule has 1 saturated heterocycles.